The minimum atomic E-state index is -0.000817. The van der Waals surface area contributed by atoms with Gasteiger partial charge in [0.1, 0.15) is 11.2 Å². The molecule has 0 fully saturated rings. The van der Waals surface area contributed by atoms with E-state index in [-0.39, 0.29) is 5.41 Å². The van der Waals surface area contributed by atoms with Gasteiger partial charge in [0.05, 0.1) is 22.1 Å². The van der Waals surface area contributed by atoms with Gasteiger partial charge in [-0.05, 0) is 305 Å². The number of hydrogen-bond donors (Lipinski definition) is 0. The highest BCUT2D eigenvalue weighted by Crippen LogP contribution is 2.53. The molecule has 0 atom stereocenters. The van der Waals surface area contributed by atoms with Gasteiger partial charge in [0.15, 0.2) is 0 Å². The predicted octanol–water partition coefficient (Wildman–Crippen LogP) is 39.4. The highest BCUT2D eigenvalue weighted by atomic mass is 32.1. The molecule has 0 amide bonds. The fourth-order valence-electron chi connectivity index (χ4n) is 21.9. The van der Waals surface area contributed by atoms with Crippen LogP contribution in [0.25, 0.3) is 219 Å². The summed E-state index contributed by atoms with van der Waals surface area (Å²) in [5, 5.41) is 10.2. The quantitative estimate of drug-likeness (QED) is 0.120. The van der Waals surface area contributed by atoms with Gasteiger partial charge in [-0.2, -0.15) is 0 Å². The lowest BCUT2D eigenvalue weighted by Crippen LogP contribution is -2.16. The van der Waals surface area contributed by atoms with E-state index in [1.165, 1.54) is 247 Å². The first-order valence-electron chi connectivity index (χ1n) is 49.8. The number of rotatable bonds is 12. The molecule has 27 rings (SSSR count). The largest absolute Gasteiger partial charge is 0.456 e. The van der Waals surface area contributed by atoms with E-state index in [2.05, 4.69) is 555 Å². The zero-order valence-corrected chi connectivity index (χ0v) is 82.6. The first-order valence-corrected chi connectivity index (χ1v) is 50.6. The number of para-hydroxylation sites is 5. The standard InChI is InChI=1S/2C31H23N.C28H24.C25H18O.C25H18S/c1-22-19-24(23-11-4-2-5-12-23)21-25(20-22)27-16-10-18-30-31(27)28-15-8-9-17-29(28)32(30)26-13-6-3-7-14-26;1-22-18-25(23-10-4-2-5-11-23)20-26(19-22)24-16-17-31-29(21-24)28-14-8-9-15-30(28)32(31)27-12-6-3-7-13-27;1-19-16-21(20-10-5-4-6-11-20)18-22(17-19)23-13-9-14-25-24-12-7-8-15-26(24)28(2,3)27(23)25;2*1-17-14-19(18-8-3-2-4-9-18)16-20(15-17)21-11-7-13-24-25(21)22-10-5-6-12-23(22)26-24/h2*2-21H,1H3;4-18H,1-3H3;2*2-16H,1H3. The van der Waals surface area contributed by atoms with Crippen molar-refractivity contribution in [3.8, 4) is 134 Å². The van der Waals surface area contributed by atoms with Crippen molar-refractivity contribution in [2.45, 2.75) is 53.9 Å². The molecule has 0 bridgehead atoms. The van der Waals surface area contributed by atoms with Crippen LogP contribution in [0.5, 0.6) is 0 Å². The predicted molar refractivity (Wildman–Crippen MR) is 617 cm³/mol. The second kappa shape index (κ2) is 39.3. The topological polar surface area (TPSA) is 23.0 Å². The Morgan fingerprint density at radius 1 is 0.188 bits per heavy atom. The molecule has 4 aromatic heterocycles. The maximum absolute atomic E-state index is 6.06. The number of hydrogen-bond acceptors (Lipinski definition) is 2. The Morgan fingerprint density at radius 3 is 1.02 bits per heavy atom. The summed E-state index contributed by atoms with van der Waals surface area (Å²) in [4.78, 5) is 0. The summed E-state index contributed by atoms with van der Waals surface area (Å²) in [5.74, 6) is 0. The summed E-state index contributed by atoms with van der Waals surface area (Å²) in [6.07, 6.45) is 0. The van der Waals surface area contributed by atoms with E-state index >= 15 is 0 Å². The fourth-order valence-corrected chi connectivity index (χ4v) is 23.1. The molecule has 26 aromatic rings. The van der Waals surface area contributed by atoms with Crippen LogP contribution in [0.2, 0.25) is 0 Å². The van der Waals surface area contributed by atoms with Crippen molar-refractivity contribution >= 4 is 97.1 Å². The van der Waals surface area contributed by atoms with E-state index in [0.29, 0.717) is 0 Å². The van der Waals surface area contributed by atoms with Crippen molar-refractivity contribution in [1.29, 1.82) is 0 Å². The van der Waals surface area contributed by atoms with E-state index in [0.717, 1.165) is 11.2 Å². The SMILES string of the molecule is Cc1cc(-c2ccccc2)cc(-c2ccc3c(c2)c2ccccc2n3-c2ccccc2)c1.Cc1cc(-c2ccccc2)cc(-c2cccc3c2C(C)(C)c2ccccc2-3)c1.Cc1cc(-c2ccccc2)cc(-c2cccc3c2c2ccccc2n3-c2ccccc2)c1.Cc1cc(-c2ccccc2)cc(-c2cccc3oc4ccccc4c23)c1.Cc1cc(-c2ccccc2)cc(-c2cccc3sc4ccccc4c23)c1. The molecule has 1 aliphatic carbocycles. The van der Waals surface area contributed by atoms with Gasteiger partial charge in [-0.3, -0.25) is 0 Å². The van der Waals surface area contributed by atoms with Crippen LogP contribution >= 0.6 is 11.3 Å². The number of furan rings is 1. The monoisotopic (exact) mass is 1860 g/mol. The highest BCUT2D eigenvalue weighted by Gasteiger charge is 2.37. The minimum absolute atomic E-state index is 0.000817. The van der Waals surface area contributed by atoms with Crippen molar-refractivity contribution in [3.63, 3.8) is 0 Å². The zero-order chi connectivity index (χ0) is 97.3. The van der Waals surface area contributed by atoms with Crippen molar-refractivity contribution in [1.82, 2.24) is 9.13 Å². The fraction of sp³-hybridized carbons (Fsp3) is 0.0571. The Balaban J connectivity index is 0.0000000999. The number of fused-ring (bicyclic) bond motifs is 15. The number of benzene rings is 22. The number of nitrogens with zero attached hydrogens (tertiary/aromatic N) is 2. The van der Waals surface area contributed by atoms with Gasteiger partial charge in [0, 0.05) is 69.3 Å². The molecule has 0 radical (unpaired) electrons. The Morgan fingerprint density at radius 2 is 0.507 bits per heavy atom. The van der Waals surface area contributed by atoms with Gasteiger partial charge < -0.3 is 13.6 Å². The van der Waals surface area contributed by atoms with Crippen LogP contribution in [-0.4, -0.2) is 9.13 Å². The van der Waals surface area contributed by atoms with Crippen LogP contribution < -0.4 is 0 Å². The van der Waals surface area contributed by atoms with E-state index in [1.807, 2.05) is 29.5 Å². The number of aromatic nitrogens is 2. The molecular formula is C140H106N2OS. The Bertz CT molecular complexity index is 9050. The van der Waals surface area contributed by atoms with E-state index < -0.39 is 0 Å². The second-order valence-corrected chi connectivity index (χ2v) is 39.6. The summed E-state index contributed by atoms with van der Waals surface area (Å²) >= 11 is 1.88. The molecule has 688 valence electrons. The van der Waals surface area contributed by atoms with Crippen molar-refractivity contribution < 1.29 is 4.42 Å². The zero-order valence-electron chi connectivity index (χ0n) is 81.8. The smallest absolute Gasteiger partial charge is 0.136 e. The van der Waals surface area contributed by atoms with Crippen molar-refractivity contribution in [2.75, 3.05) is 0 Å². The van der Waals surface area contributed by atoms with Crippen LogP contribution in [-0.2, 0) is 5.41 Å². The molecule has 0 unspecified atom stereocenters. The first-order chi connectivity index (χ1) is 70.7. The van der Waals surface area contributed by atoms with Gasteiger partial charge in [0.25, 0.3) is 0 Å². The minimum Gasteiger partial charge on any atom is -0.456 e. The van der Waals surface area contributed by atoms with Crippen LogP contribution in [0.15, 0.2) is 520 Å². The summed E-state index contributed by atoms with van der Waals surface area (Å²) in [5.41, 5.74) is 46.5. The molecule has 0 saturated heterocycles. The molecular weight excluding hydrogens is 1760 g/mol. The third-order valence-electron chi connectivity index (χ3n) is 28.3. The Hall–Kier alpha value is -17.5. The van der Waals surface area contributed by atoms with Gasteiger partial charge in [-0.15, -0.1) is 11.3 Å². The average Bonchev–Trinajstić information content (AvgIpc) is 1.56. The van der Waals surface area contributed by atoms with Crippen molar-refractivity contribution in [2.24, 2.45) is 0 Å². The lowest BCUT2D eigenvalue weighted by Gasteiger charge is -2.25. The van der Waals surface area contributed by atoms with Crippen molar-refractivity contribution in [3.05, 3.63) is 555 Å². The van der Waals surface area contributed by atoms with E-state index in [9.17, 15) is 0 Å². The first kappa shape index (κ1) is 90.3. The summed E-state index contributed by atoms with van der Waals surface area (Å²) in [7, 11) is 0. The molecule has 0 N–H and O–H groups in total. The van der Waals surface area contributed by atoms with Gasteiger partial charge >= 0.3 is 0 Å². The molecule has 1 aliphatic rings. The molecule has 144 heavy (non-hydrogen) atoms. The van der Waals surface area contributed by atoms with Crippen LogP contribution in [0.1, 0.15) is 52.8 Å². The number of aryl methyl sites for hydroxylation is 5. The van der Waals surface area contributed by atoms with Crippen LogP contribution in [0, 0.1) is 34.6 Å². The normalized spacial score (nSPS) is 11.8. The van der Waals surface area contributed by atoms with Gasteiger partial charge in [-0.25, -0.2) is 0 Å². The maximum atomic E-state index is 6.06. The summed E-state index contributed by atoms with van der Waals surface area (Å²) in [6.45, 7) is 15.6. The summed E-state index contributed by atoms with van der Waals surface area (Å²) in [6, 6.07) is 185. The Labute approximate surface area is 846 Å². The molecule has 0 saturated carbocycles. The summed E-state index contributed by atoms with van der Waals surface area (Å²) < 4.78 is 13.5. The highest BCUT2D eigenvalue weighted by molar-refractivity contribution is 7.26. The third kappa shape index (κ3) is 17.8. The van der Waals surface area contributed by atoms with Gasteiger partial charge in [0.2, 0.25) is 0 Å². The molecule has 3 nitrogen and oxygen atoms in total. The maximum Gasteiger partial charge on any atom is 0.136 e. The molecule has 22 aromatic carbocycles. The number of thiophene rings is 1. The molecule has 0 aliphatic heterocycles. The Kier molecular flexibility index (Phi) is 24.6. The van der Waals surface area contributed by atoms with Crippen LogP contribution in [0.4, 0.5) is 0 Å². The van der Waals surface area contributed by atoms with Crippen LogP contribution in [0.3, 0.4) is 0 Å². The molecule has 4 heterocycles. The van der Waals surface area contributed by atoms with E-state index in [4.69, 9.17) is 4.42 Å². The molecule has 0 spiro atoms. The lowest BCUT2D eigenvalue weighted by molar-refractivity contribution is 0.662. The molecule has 4 heteroatoms. The van der Waals surface area contributed by atoms with Gasteiger partial charge in [-0.1, -0.05) is 420 Å². The lowest BCUT2D eigenvalue weighted by atomic mass is 9.78. The average molecular weight is 1860 g/mol. The third-order valence-corrected chi connectivity index (χ3v) is 29.4. The van der Waals surface area contributed by atoms with E-state index in [1.54, 1.807) is 0 Å². The second-order valence-electron chi connectivity index (χ2n) is 38.5.